The first-order valence-electron chi connectivity index (χ1n) is 33.4. The molecule has 0 aliphatic heterocycles. The number of nitrogen functional groups attached to an aromatic ring is 1. The van der Waals surface area contributed by atoms with Crippen LogP contribution < -0.4 is 22.3 Å². The van der Waals surface area contributed by atoms with E-state index in [1.165, 1.54) is 10.8 Å². The summed E-state index contributed by atoms with van der Waals surface area (Å²) in [7, 11) is 0. The number of carbonyl (C=O) groups is 2. The minimum Gasteiger partial charge on any atom is -0.478 e. The molecule has 14 rings (SSSR count). The molecule has 0 saturated carbocycles. The number of nitrogens with one attached hydrogen (secondary N) is 2. The lowest BCUT2D eigenvalue weighted by Crippen LogP contribution is -2.28. The van der Waals surface area contributed by atoms with Crippen LogP contribution in [0, 0.1) is 6.92 Å². The number of halogens is 4. The number of aryl methyl sites for hydroxylation is 1. The number of anilines is 2. The van der Waals surface area contributed by atoms with Crippen molar-refractivity contribution in [1.29, 1.82) is 0 Å². The summed E-state index contributed by atoms with van der Waals surface area (Å²) in [5.74, 6) is 1.79. The van der Waals surface area contributed by atoms with Gasteiger partial charge in [-0.1, -0.05) is 220 Å². The Balaban J connectivity index is 0.000000151. The van der Waals surface area contributed by atoms with Gasteiger partial charge in [0.05, 0.1) is 27.5 Å². The van der Waals surface area contributed by atoms with Gasteiger partial charge in [-0.05, 0) is 184 Å². The SMILES string of the molecule is CCN(CC)CCN.CCN(CC)CCNc1nc(/C=C/c2ccc(Cl)cc2)nc2cc3ccccc3cc12.Cc1nc2cc3ccccc3cc2c(=O)[nH]1.Clc1ccc(/C=C/c2nc(Cl)c3cc4ccccc4cc3n2)cc1.Nc1cc2ccccc2cc1C(=O)O.O=Cc1ccc(Cl)cc1. The van der Waals surface area contributed by atoms with Gasteiger partial charge in [-0.3, -0.25) is 9.59 Å². The van der Waals surface area contributed by atoms with Crippen molar-refractivity contribution in [3.63, 3.8) is 0 Å². The van der Waals surface area contributed by atoms with Crippen LogP contribution in [0.25, 0.3) is 100 Å². The third kappa shape index (κ3) is 21.5. The number of nitrogens with zero attached hydrogens (tertiary/aromatic N) is 7. The highest BCUT2D eigenvalue weighted by molar-refractivity contribution is 6.34. The number of aldehydes is 1. The zero-order chi connectivity index (χ0) is 72.5. The Morgan fingerprint density at radius 3 is 1.29 bits per heavy atom. The van der Waals surface area contributed by atoms with Gasteiger partial charge < -0.3 is 36.7 Å². The summed E-state index contributed by atoms with van der Waals surface area (Å²) in [5.41, 5.74) is 16.6. The fourth-order valence-electron chi connectivity index (χ4n) is 10.9. The molecule has 0 amide bonds. The van der Waals surface area contributed by atoms with Crippen LogP contribution in [0.5, 0.6) is 0 Å². The number of hydrogen-bond donors (Lipinski definition) is 5. The number of rotatable bonds is 16. The predicted molar refractivity (Wildman–Crippen MR) is 430 cm³/mol. The summed E-state index contributed by atoms with van der Waals surface area (Å²) in [6.45, 7) is 18.4. The van der Waals surface area contributed by atoms with E-state index in [1.807, 2.05) is 158 Å². The largest absolute Gasteiger partial charge is 0.478 e. The Bertz CT molecular complexity index is 5280. The highest BCUT2D eigenvalue weighted by Crippen LogP contribution is 2.30. The van der Waals surface area contributed by atoms with E-state index >= 15 is 0 Å². The minimum absolute atomic E-state index is 0.0757. The standard InChI is InChI=1S/C26H27ClN4.C20H12Cl2N2.C13H10N2O.C11H9NO2.C7H5ClO.C6H16N2/c1-3-31(4-2)16-15-28-26-23-17-20-7-5-6-8-21(20)18-24(23)29-25(30-26)14-11-19-9-12-22(27)13-10-19;21-16-8-5-13(6-9-16)7-10-19-23-18-12-15-4-2-1-3-14(15)11-17(18)20(22)24-19;1-8-14-12-7-10-5-3-2-4-9(10)6-11(12)13(16)15-8;12-10-6-8-4-2-1-3-7(8)5-9(10)11(13)14;8-7-3-1-6(5-9)2-4-7;1-3-8(4-2)6-5-7/h5-14,17-18H,3-4,15-16H2,1-2H3,(H,28,29,30);1-12H;2-7H,1H3,(H,14,15,16);1-6H,12H2,(H,13,14);1-5H;3-7H2,1-2H3/b14-11+;10-7+;;;;. The number of carbonyl (C=O) groups excluding carboxylic acids is 1. The summed E-state index contributed by atoms with van der Waals surface area (Å²) < 4.78 is 0. The van der Waals surface area contributed by atoms with Crippen molar-refractivity contribution < 1.29 is 14.7 Å². The number of hydrogen-bond acceptors (Lipinski definition) is 13. The number of aromatic carboxylic acids is 1. The lowest BCUT2D eigenvalue weighted by molar-refractivity contribution is 0.0698. The van der Waals surface area contributed by atoms with Gasteiger partial charge in [-0.25, -0.2) is 29.7 Å². The average Bonchev–Trinajstić information content (AvgIpc) is 0.790. The zero-order valence-electron chi connectivity index (χ0n) is 57.3. The maximum absolute atomic E-state index is 11.7. The number of H-pyrrole nitrogens is 1. The van der Waals surface area contributed by atoms with Crippen molar-refractivity contribution in [3.8, 4) is 0 Å². The first kappa shape index (κ1) is 75.7. The molecule has 0 saturated heterocycles. The van der Waals surface area contributed by atoms with Crippen LogP contribution in [0.3, 0.4) is 0 Å². The number of aromatic amines is 1. The molecule has 0 radical (unpaired) electrons. The third-order valence-corrected chi connectivity index (χ3v) is 17.5. The van der Waals surface area contributed by atoms with E-state index in [0.717, 1.165) is 140 Å². The van der Waals surface area contributed by atoms with Gasteiger partial charge in [0.25, 0.3) is 5.56 Å². The van der Waals surface area contributed by atoms with Crippen LogP contribution in [0.4, 0.5) is 11.5 Å². The summed E-state index contributed by atoms with van der Waals surface area (Å²) in [6, 6.07) is 69.5. The summed E-state index contributed by atoms with van der Waals surface area (Å²) in [4.78, 5) is 63.0. The van der Waals surface area contributed by atoms with Crippen LogP contribution in [-0.2, 0) is 0 Å². The number of benzene rings is 11. The van der Waals surface area contributed by atoms with Crippen molar-refractivity contribution in [2.24, 2.45) is 5.73 Å². The Kier molecular flexibility index (Phi) is 28.1. The molecule has 0 bridgehead atoms. The van der Waals surface area contributed by atoms with Gasteiger partial charge in [0, 0.05) is 63.3 Å². The third-order valence-electron chi connectivity index (χ3n) is 16.5. The second kappa shape index (κ2) is 37.8. The monoisotopic (exact) mass is 1430 g/mol. The molecule has 0 aliphatic rings. The van der Waals surface area contributed by atoms with Crippen LogP contribution in [0.1, 0.15) is 77.0 Å². The molecule has 15 nitrogen and oxygen atoms in total. The van der Waals surface area contributed by atoms with E-state index in [0.29, 0.717) is 49.3 Å². The van der Waals surface area contributed by atoms with Crippen molar-refractivity contribution >= 4 is 170 Å². The highest BCUT2D eigenvalue weighted by Gasteiger charge is 2.12. The molecular weight excluding hydrogens is 1360 g/mol. The molecular formula is C83H79Cl4N11O4. The van der Waals surface area contributed by atoms with Crippen LogP contribution in [-0.4, -0.2) is 109 Å². The van der Waals surface area contributed by atoms with Crippen molar-refractivity contribution in [2.75, 3.05) is 63.4 Å². The minimum atomic E-state index is -0.992. The smallest absolute Gasteiger partial charge is 0.337 e. The highest BCUT2D eigenvalue weighted by atomic mass is 35.5. The van der Waals surface area contributed by atoms with Crippen LogP contribution >= 0.6 is 46.4 Å². The molecule has 11 aromatic carbocycles. The van der Waals surface area contributed by atoms with Crippen LogP contribution in [0.15, 0.2) is 223 Å². The van der Waals surface area contributed by atoms with E-state index in [-0.39, 0.29) is 11.1 Å². The van der Waals surface area contributed by atoms with Crippen molar-refractivity contribution in [3.05, 3.63) is 289 Å². The molecule has 19 heteroatoms. The van der Waals surface area contributed by atoms with Gasteiger partial charge in [-0.15, -0.1) is 0 Å². The molecule has 518 valence electrons. The fourth-order valence-corrected chi connectivity index (χ4v) is 11.5. The Labute approximate surface area is 613 Å². The first-order valence-corrected chi connectivity index (χ1v) is 34.9. The summed E-state index contributed by atoms with van der Waals surface area (Å²) in [6.07, 6.45) is 8.54. The number of aromatic nitrogens is 6. The topological polar surface area (TPSA) is 222 Å². The number of nitrogens with two attached hydrogens (primary N) is 2. The molecule has 0 aliphatic carbocycles. The lowest BCUT2D eigenvalue weighted by Gasteiger charge is -2.18. The van der Waals surface area contributed by atoms with Gasteiger partial charge >= 0.3 is 5.97 Å². The molecule has 14 aromatic rings. The molecule has 102 heavy (non-hydrogen) atoms. The number of likely N-dealkylation sites (N-methyl/N-ethyl adjacent to an activating group) is 2. The Morgan fingerprint density at radius 2 is 0.863 bits per heavy atom. The van der Waals surface area contributed by atoms with Gasteiger partial charge in [-0.2, -0.15) is 0 Å². The van der Waals surface area contributed by atoms with E-state index in [2.05, 4.69) is 111 Å². The second-order valence-electron chi connectivity index (χ2n) is 23.4. The molecule has 0 unspecified atom stereocenters. The Hall–Kier alpha value is -10.5. The van der Waals surface area contributed by atoms with Crippen molar-refractivity contribution in [2.45, 2.75) is 34.6 Å². The van der Waals surface area contributed by atoms with Crippen molar-refractivity contribution in [1.82, 2.24) is 39.7 Å². The fraction of sp³-hybridized carbons (Fsp3) is 0.157. The number of carboxylic acid groups (broad SMARTS) is 1. The molecule has 3 heterocycles. The average molecular weight is 1440 g/mol. The Morgan fingerprint density at radius 1 is 0.480 bits per heavy atom. The van der Waals surface area contributed by atoms with Crippen LogP contribution in [0.2, 0.25) is 20.2 Å². The van der Waals surface area contributed by atoms with E-state index in [4.69, 9.17) is 72.9 Å². The normalized spacial score (nSPS) is 11.1. The lowest BCUT2D eigenvalue weighted by atomic mass is 10.1. The zero-order valence-corrected chi connectivity index (χ0v) is 60.3. The quantitative estimate of drug-likeness (QED) is 0.0263. The van der Waals surface area contributed by atoms with Gasteiger partial charge in [0.2, 0.25) is 0 Å². The molecule has 7 N–H and O–H groups in total. The first-order chi connectivity index (χ1) is 49.4. The molecule has 0 atom stereocenters. The molecule has 0 fully saturated rings. The predicted octanol–water partition coefficient (Wildman–Crippen LogP) is 19.6. The molecule has 3 aromatic heterocycles. The second-order valence-corrected chi connectivity index (χ2v) is 25.1. The summed E-state index contributed by atoms with van der Waals surface area (Å²) >= 11 is 23.8. The van der Waals surface area contributed by atoms with E-state index in [9.17, 15) is 14.4 Å². The van der Waals surface area contributed by atoms with E-state index < -0.39 is 5.97 Å². The summed E-state index contributed by atoms with van der Waals surface area (Å²) in [5, 5.41) is 26.1. The maximum Gasteiger partial charge on any atom is 0.337 e. The molecule has 0 spiro atoms. The number of fused-ring (bicyclic) bond motifs is 7. The number of carboxylic acids is 1. The van der Waals surface area contributed by atoms with E-state index in [1.54, 1.807) is 43.3 Å². The maximum atomic E-state index is 11.7. The van der Waals surface area contributed by atoms with Gasteiger partial charge in [0.1, 0.15) is 23.1 Å². The van der Waals surface area contributed by atoms with Gasteiger partial charge in [0.15, 0.2) is 11.6 Å².